The highest BCUT2D eigenvalue weighted by Crippen LogP contribution is 2.50. The van der Waals surface area contributed by atoms with Crippen LogP contribution in [0.1, 0.15) is 25.0 Å². The first-order valence-corrected chi connectivity index (χ1v) is 10.8. The molecule has 0 fully saturated rings. The molecule has 0 N–H and O–H groups in total. The first-order valence-electron chi connectivity index (χ1n) is 9.99. The minimum absolute atomic E-state index is 0.00774. The number of para-hydroxylation sites is 2. The van der Waals surface area contributed by atoms with Crippen LogP contribution in [-0.2, 0) is 5.41 Å². The van der Waals surface area contributed by atoms with Gasteiger partial charge in [-0.05, 0) is 58.7 Å². The molecular weight excluding hydrogens is 418 g/mol. The van der Waals surface area contributed by atoms with Gasteiger partial charge >= 0.3 is 0 Å². The van der Waals surface area contributed by atoms with Gasteiger partial charge in [0, 0.05) is 26.3 Å². The maximum absolute atomic E-state index is 3.66. The van der Waals surface area contributed by atoms with Crippen LogP contribution < -0.4 is 0 Å². The average Bonchev–Trinajstić information content (AvgIpc) is 3.18. The molecule has 0 unspecified atom stereocenters. The van der Waals surface area contributed by atoms with Crippen molar-refractivity contribution in [1.82, 2.24) is 4.57 Å². The zero-order chi connectivity index (χ0) is 19.8. The lowest BCUT2D eigenvalue weighted by atomic mass is 9.82. The number of aromatic nitrogens is 1. The highest BCUT2D eigenvalue weighted by atomic mass is 79.9. The van der Waals surface area contributed by atoms with Crippen LogP contribution in [0, 0.1) is 0 Å². The van der Waals surface area contributed by atoms with E-state index < -0.39 is 0 Å². The maximum Gasteiger partial charge on any atom is 0.0541 e. The van der Waals surface area contributed by atoms with E-state index in [1.807, 2.05) is 0 Å². The lowest BCUT2D eigenvalue weighted by Crippen LogP contribution is -2.15. The highest BCUT2D eigenvalue weighted by molar-refractivity contribution is 9.10. The van der Waals surface area contributed by atoms with Crippen LogP contribution in [0.5, 0.6) is 0 Å². The van der Waals surface area contributed by atoms with E-state index in [0.717, 1.165) is 4.47 Å². The van der Waals surface area contributed by atoms with Crippen LogP contribution in [0.4, 0.5) is 0 Å². The fourth-order valence-corrected chi connectivity index (χ4v) is 5.41. The number of hydrogen-bond acceptors (Lipinski definition) is 0. The molecular formula is C27H20BrN. The second kappa shape index (κ2) is 5.84. The summed E-state index contributed by atoms with van der Waals surface area (Å²) in [6.45, 7) is 4.65. The predicted octanol–water partition coefficient (Wildman–Crippen LogP) is 7.85. The minimum atomic E-state index is 0.00774. The van der Waals surface area contributed by atoms with E-state index in [1.54, 1.807) is 0 Å². The summed E-state index contributed by atoms with van der Waals surface area (Å²) in [4.78, 5) is 0. The Balaban J connectivity index is 1.68. The molecule has 0 spiro atoms. The average molecular weight is 438 g/mol. The van der Waals surface area contributed by atoms with Crippen molar-refractivity contribution < 1.29 is 0 Å². The van der Waals surface area contributed by atoms with Gasteiger partial charge in [0.15, 0.2) is 0 Å². The number of hydrogen-bond donors (Lipinski definition) is 0. The SMILES string of the molecule is CC1(C)c2ccc(-n3c4ccccc4c4ccccc43)cc2-c2ccc(Br)cc21. The van der Waals surface area contributed by atoms with Crippen LogP contribution in [0.15, 0.2) is 89.4 Å². The zero-order valence-corrected chi connectivity index (χ0v) is 18.0. The summed E-state index contributed by atoms with van der Waals surface area (Å²) in [5.74, 6) is 0. The van der Waals surface area contributed by atoms with E-state index in [-0.39, 0.29) is 5.41 Å². The summed E-state index contributed by atoms with van der Waals surface area (Å²) in [6.07, 6.45) is 0. The molecule has 1 aliphatic rings. The van der Waals surface area contributed by atoms with Crippen LogP contribution >= 0.6 is 15.9 Å². The van der Waals surface area contributed by atoms with Crippen molar-refractivity contribution in [2.75, 3.05) is 0 Å². The molecule has 6 rings (SSSR count). The van der Waals surface area contributed by atoms with Crippen LogP contribution in [0.25, 0.3) is 38.6 Å². The van der Waals surface area contributed by atoms with E-state index in [4.69, 9.17) is 0 Å². The van der Waals surface area contributed by atoms with Crippen molar-refractivity contribution in [3.63, 3.8) is 0 Å². The van der Waals surface area contributed by atoms with E-state index >= 15 is 0 Å². The fraction of sp³-hybridized carbons (Fsp3) is 0.111. The number of benzene rings is 4. The van der Waals surface area contributed by atoms with E-state index in [2.05, 4.69) is 119 Å². The summed E-state index contributed by atoms with van der Waals surface area (Å²) >= 11 is 3.66. The molecule has 1 heterocycles. The first-order chi connectivity index (χ1) is 14.1. The number of rotatable bonds is 1. The molecule has 0 aliphatic heterocycles. The Kier molecular flexibility index (Phi) is 3.43. The van der Waals surface area contributed by atoms with Gasteiger partial charge in [0.05, 0.1) is 11.0 Å². The molecule has 5 aromatic rings. The lowest BCUT2D eigenvalue weighted by Gasteiger charge is -2.21. The van der Waals surface area contributed by atoms with Gasteiger partial charge in [0.25, 0.3) is 0 Å². The molecule has 140 valence electrons. The number of fused-ring (bicyclic) bond motifs is 6. The summed E-state index contributed by atoms with van der Waals surface area (Å²) < 4.78 is 3.54. The topological polar surface area (TPSA) is 4.93 Å². The molecule has 1 aliphatic carbocycles. The standard InChI is InChI=1S/C27H20BrN/c1-27(2)23-14-12-18(16-22(23)19-13-11-17(28)15-24(19)27)29-25-9-5-3-7-20(25)21-8-4-6-10-26(21)29/h3-16H,1-2H3. The molecule has 29 heavy (non-hydrogen) atoms. The molecule has 1 aromatic heterocycles. The third-order valence-corrected chi connectivity index (χ3v) is 6.95. The third-order valence-electron chi connectivity index (χ3n) is 6.46. The number of halogens is 1. The van der Waals surface area contributed by atoms with Crippen LogP contribution in [0.3, 0.4) is 0 Å². The second-order valence-electron chi connectivity index (χ2n) is 8.41. The van der Waals surface area contributed by atoms with E-state index in [1.165, 1.54) is 49.7 Å². The predicted molar refractivity (Wildman–Crippen MR) is 126 cm³/mol. The van der Waals surface area contributed by atoms with Gasteiger partial charge in [-0.2, -0.15) is 0 Å². The van der Waals surface area contributed by atoms with Crippen LogP contribution in [-0.4, -0.2) is 4.57 Å². The molecule has 0 amide bonds. The fourth-order valence-electron chi connectivity index (χ4n) is 5.05. The van der Waals surface area contributed by atoms with Crippen molar-refractivity contribution >= 4 is 37.7 Å². The molecule has 0 atom stereocenters. The Bertz CT molecular complexity index is 1380. The van der Waals surface area contributed by atoms with Gasteiger partial charge in [-0.1, -0.05) is 78.3 Å². The van der Waals surface area contributed by atoms with Gasteiger partial charge in [-0.25, -0.2) is 0 Å². The second-order valence-corrected chi connectivity index (χ2v) is 9.33. The summed E-state index contributed by atoms with van der Waals surface area (Å²) in [6, 6.07) is 31.0. The van der Waals surface area contributed by atoms with Crippen molar-refractivity contribution in [2.45, 2.75) is 19.3 Å². The van der Waals surface area contributed by atoms with Gasteiger partial charge in [0.1, 0.15) is 0 Å². The van der Waals surface area contributed by atoms with Crippen molar-refractivity contribution in [3.8, 4) is 16.8 Å². The van der Waals surface area contributed by atoms with Crippen LogP contribution in [0.2, 0.25) is 0 Å². The van der Waals surface area contributed by atoms with Gasteiger partial charge in [0.2, 0.25) is 0 Å². The Morgan fingerprint density at radius 3 is 2.00 bits per heavy atom. The molecule has 4 aromatic carbocycles. The lowest BCUT2D eigenvalue weighted by molar-refractivity contribution is 0.660. The molecule has 0 saturated heterocycles. The monoisotopic (exact) mass is 437 g/mol. The number of nitrogens with zero attached hydrogens (tertiary/aromatic N) is 1. The van der Waals surface area contributed by atoms with Gasteiger partial charge in [-0.3, -0.25) is 0 Å². The molecule has 2 heteroatoms. The first kappa shape index (κ1) is 17.1. The summed E-state index contributed by atoms with van der Waals surface area (Å²) in [5.41, 5.74) is 9.20. The van der Waals surface area contributed by atoms with Crippen molar-refractivity contribution in [2.24, 2.45) is 0 Å². The summed E-state index contributed by atoms with van der Waals surface area (Å²) in [7, 11) is 0. The van der Waals surface area contributed by atoms with Crippen molar-refractivity contribution in [1.29, 1.82) is 0 Å². The molecule has 0 radical (unpaired) electrons. The maximum atomic E-state index is 3.66. The molecule has 0 bridgehead atoms. The van der Waals surface area contributed by atoms with E-state index in [0.29, 0.717) is 0 Å². The third kappa shape index (κ3) is 2.27. The largest absolute Gasteiger partial charge is 0.309 e. The van der Waals surface area contributed by atoms with Gasteiger partial charge < -0.3 is 4.57 Å². The minimum Gasteiger partial charge on any atom is -0.309 e. The quantitative estimate of drug-likeness (QED) is 0.251. The Morgan fingerprint density at radius 1 is 0.655 bits per heavy atom. The summed E-state index contributed by atoms with van der Waals surface area (Å²) in [5, 5.41) is 2.60. The Morgan fingerprint density at radius 2 is 1.31 bits per heavy atom. The van der Waals surface area contributed by atoms with Crippen molar-refractivity contribution in [3.05, 3.63) is 101 Å². The molecule has 1 nitrogen and oxygen atoms in total. The van der Waals surface area contributed by atoms with E-state index in [9.17, 15) is 0 Å². The molecule has 0 saturated carbocycles. The smallest absolute Gasteiger partial charge is 0.0541 e. The Hall–Kier alpha value is -2.84. The zero-order valence-electron chi connectivity index (χ0n) is 16.4. The van der Waals surface area contributed by atoms with Gasteiger partial charge in [-0.15, -0.1) is 0 Å². The Labute approximate surface area is 178 Å². The normalized spacial score (nSPS) is 14.3. The highest BCUT2D eigenvalue weighted by Gasteiger charge is 2.35.